The lowest BCUT2D eigenvalue weighted by molar-refractivity contribution is -0.192. The van der Waals surface area contributed by atoms with Gasteiger partial charge in [0.15, 0.2) is 0 Å². The first-order chi connectivity index (χ1) is 7.99. The molecule has 6 heteroatoms. The lowest BCUT2D eigenvalue weighted by atomic mass is 10.0. The lowest BCUT2D eigenvalue weighted by Crippen LogP contribution is -2.52. The van der Waals surface area contributed by atoms with Gasteiger partial charge in [-0.3, -0.25) is 4.90 Å². The first-order valence-electron chi connectivity index (χ1n) is 6.11. The van der Waals surface area contributed by atoms with Gasteiger partial charge >= 0.3 is 6.18 Å². The predicted octanol–water partition coefficient (Wildman–Crippen LogP) is 1.77. The molecule has 17 heavy (non-hydrogen) atoms. The number of halogens is 3. The molecule has 1 aliphatic rings. The summed E-state index contributed by atoms with van der Waals surface area (Å²) in [6, 6.07) is -1.42. The SMILES string of the molecule is CCOC1CCCN(C(CCN)C(F)(F)F)C1. The highest BCUT2D eigenvalue weighted by Crippen LogP contribution is 2.29. The fraction of sp³-hybridized carbons (Fsp3) is 1.00. The van der Waals surface area contributed by atoms with E-state index >= 15 is 0 Å². The van der Waals surface area contributed by atoms with E-state index in [1.54, 1.807) is 0 Å². The molecule has 0 aromatic rings. The quantitative estimate of drug-likeness (QED) is 0.812. The Bertz CT molecular complexity index is 221. The van der Waals surface area contributed by atoms with E-state index in [0.717, 1.165) is 12.8 Å². The van der Waals surface area contributed by atoms with E-state index in [4.69, 9.17) is 10.5 Å². The molecular weight excluding hydrogens is 233 g/mol. The Hall–Kier alpha value is -0.330. The Labute approximate surface area is 100 Å². The van der Waals surface area contributed by atoms with Crippen LogP contribution >= 0.6 is 0 Å². The fourth-order valence-corrected chi connectivity index (χ4v) is 2.33. The maximum absolute atomic E-state index is 12.9. The van der Waals surface area contributed by atoms with Gasteiger partial charge in [-0.1, -0.05) is 0 Å². The van der Waals surface area contributed by atoms with Crippen LogP contribution in [0.15, 0.2) is 0 Å². The zero-order chi connectivity index (χ0) is 12.9. The van der Waals surface area contributed by atoms with E-state index in [-0.39, 0.29) is 19.1 Å². The van der Waals surface area contributed by atoms with E-state index in [9.17, 15) is 13.2 Å². The van der Waals surface area contributed by atoms with Crippen LogP contribution in [-0.2, 0) is 4.74 Å². The zero-order valence-corrected chi connectivity index (χ0v) is 10.2. The van der Waals surface area contributed by atoms with Gasteiger partial charge in [-0.05, 0) is 39.3 Å². The van der Waals surface area contributed by atoms with Gasteiger partial charge in [-0.15, -0.1) is 0 Å². The van der Waals surface area contributed by atoms with Crippen LogP contribution in [0.25, 0.3) is 0 Å². The molecule has 0 bridgehead atoms. The number of alkyl halides is 3. The van der Waals surface area contributed by atoms with Crippen molar-refractivity contribution >= 4 is 0 Å². The molecule has 2 unspecified atom stereocenters. The van der Waals surface area contributed by atoms with Crippen LogP contribution in [0, 0.1) is 0 Å². The molecular formula is C11H21F3N2O. The molecule has 0 aromatic carbocycles. The number of hydrogen-bond acceptors (Lipinski definition) is 3. The summed E-state index contributed by atoms with van der Waals surface area (Å²) in [6.07, 6.45) is -2.72. The first-order valence-corrected chi connectivity index (χ1v) is 6.11. The van der Waals surface area contributed by atoms with Crippen molar-refractivity contribution in [3.8, 4) is 0 Å². The standard InChI is InChI=1S/C11H21F3N2O/c1-2-17-9-4-3-7-16(8-9)10(5-6-15)11(12,13)14/h9-10H,2-8,15H2,1H3. The van der Waals surface area contributed by atoms with E-state index in [0.29, 0.717) is 19.7 Å². The molecule has 3 nitrogen and oxygen atoms in total. The molecule has 0 radical (unpaired) electrons. The van der Waals surface area contributed by atoms with Crippen molar-refractivity contribution in [1.82, 2.24) is 4.90 Å². The van der Waals surface area contributed by atoms with Crippen molar-refractivity contribution in [2.45, 2.75) is 44.5 Å². The van der Waals surface area contributed by atoms with Crippen LogP contribution in [0.1, 0.15) is 26.2 Å². The first kappa shape index (κ1) is 14.7. The third-order valence-electron chi connectivity index (χ3n) is 3.07. The summed E-state index contributed by atoms with van der Waals surface area (Å²) in [6.45, 7) is 3.30. The molecule has 0 aromatic heterocycles. The molecule has 2 N–H and O–H groups in total. The monoisotopic (exact) mass is 254 g/mol. The summed E-state index contributed by atoms with van der Waals surface area (Å²) < 4.78 is 44.0. The largest absolute Gasteiger partial charge is 0.404 e. The van der Waals surface area contributed by atoms with Crippen LogP contribution < -0.4 is 5.73 Å². The average molecular weight is 254 g/mol. The van der Waals surface area contributed by atoms with Gasteiger partial charge in [-0.2, -0.15) is 13.2 Å². The van der Waals surface area contributed by atoms with Crippen LogP contribution in [0.5, 0.6) is 0 Å². The van der Waals surface area contributed by atoms with E-state index in [1.165, 1.54) is 4.90 Å². The molecule has 1 heterocycles. The van der Waals surface area contributed by atoms with Crippen LogP contribution in [0.3, 0.4) is 0 Å². The van der Waals surface area contributed by atoms with Crippen molar-refractivity contribution in [1.29, 1.82) is 0 Å². The summed E-state index contributed by atoms with van der Waals surface area (Å²) in [5.41, 5.74) is 5.27. The van der Waals surface area contributed by atoms with Gasteiger partial charge in [-0.25, -0.2) is 0 Å². The van der Waals surface area contributed by atoms with Crippen molar-refractivity contribution in [2.24, 2.45) is 5.73 Å². The molecule has 1 saturated heterocycles. The van der Waals surface area contributed by atoms with E-state index < -0.39 is 12.2 Å². The minimum absolute atomic E-state index is 0.0393. The molecule has 0 saturated carbocycles. The topological polar surface area (TPSA) is 38.5 Å². The molecule has 1 rings (SSSR count). The van der Waals surface area contributed by atoms with Crippen molar-refractivity contribution in [3.05, 3.63) is 0 Å². The third kappa shape index (κ3) is 4.44. The second-order valence-corrected chi connectivity index (χ2v) is 4.35. The van der Waals surface area contributed by atoms with Gasteiger partial charge in [0, 0.05) is 13.2 Å². The Kier molecular flexibility index (Phi) is 5.69. The molecule has 1 fully saturated rings. The summed E-state index contributed by atoms with van der Waals surface area (Å²) in [5.74, 6) is 0. The van der Waals surface area contributed by atoms with E-state index in [1.807, 2.05) is 6.92 Å². The smallest absolute Gasteiger partial charge is 0.377 e. The van der Waals surface area contributed by atoms with Crippen LogP contribution in [-0.4, -0.2) is 49.5 Å². The third-order valence-corrected chi connectivity index (χ3v) is 3.07. The summed E-state index contributed by atoms with van der Waals surface area (Å²) in [5, 5.41) is 0. The number of nitrogens with zero attached hydrogens (tertiary/aromatic N) is 1. The van der Waals surface area contributed by atoms with E-state index in [2.05, 4.69) is 0 Å². The van der Waals surface area contributed by atoms with Gasteiger partial charge in [0.2, 0.25) is 0 Å². The highest BCUT2D eigenvalue weighted by Gasteiger charge is 2.44. The van der Waals surface area contributed by atoms with Crippen LogP contribution in [0.4, 0.5) is 13.2 Å². The number of piperidine rings is 1. The molecule has 102 valence electrons. The number of likely N-dealkylation sites (tertiary alicyclic amines) is 1. The highest BCUT2D eigenvalue weighted by atomic mass is 19.4. The molecule has 0 spiro atoms. The number of nitrogens with two attached hydrogens (primary N) is 1. The predicted molar refractivity (Wildman–Crippen MR) is 59.7 cm³/mol. The average Bonchev–Trinajstić information content (AvgIpc) is 2.25. The van der Waals surface area contributed by atoms with Gasteiger partial charge in [0.25, 0.3) is 0 Å². The number of rotatable bonds is 5. The Morgan fingerprint density at radius 3 is 2.71 bits per heavy atom. The molecule has 0 amide bonds. The van der Waals surface area contributed by atoms with Gasteiger partial charge < -0.3 is 10.5 Å². The fourth-order valence-electron chi connectivity index (χ4n) is 2.33. The second-order valence-electron chi connectivity index (χ2n) is 4.35. The maximum Gasteiger partial charge on any atom is 0.404 e. The summed E-state index contributed by atoms with van der Waals surface area (Å²) in [7, 11) is 0. The maximum atomic E-state index is 12.9. The molecule has 0 aliphatic carbocycles. The number of ether oxygens (including phenoxy) is 1. The summed E-state index contributed by atoms with van der Waals surface area (Å²) >= 11 is 0. The Balaban J connectivity index is 2.60. The minimum atomic E-state index is -4.20. The Morgan fingerprint density at radius 1 is 1.47 bits per heavy atom. The highest BCUT2D eigenvalue weighted by molar-refractivity contribution is 4.84. The Morgan fingerprint density at radius 2 is 2.18 bits per heavy atom. The second kappa shape index (κ2) is 6.56. The van der Waals surface area contributed by atoms with Crippen molar-refractivity contribution in [3.63, 3.8) is 0 Å². The molecule has 2 atom stereocenters. The molecule has 1 aliphatic heterocycles. The van der Waals surface area contributed by atoms with Crippen LogP contribution in [0.2, 0.25) is 0 Å². The van der Waals surface area contributed by atoms with Crippen molar-refractivity contribution < 1.29 is 17.9 Å². The number of hydrogen-bond donors (Lipinski definition) is 1. The van der Waals surface area contributed by atoms with Gasteiger partial charge in [0.05, 0.1) is 6.10 Å². The van der Waals surface area contributed by atoms with Crippen molar-refractivity contribution in [2.75, 3.05) is 26.2 Å². The minimum Gasteiger partial charge on any atom is -0.377 e. The summed E-state index contributed by atoms with van der Waals surface area (Å²) in [4.78, 5) is 1.47. The van der Waals surface area contributed by atoms with Gasteiger partial charge in [0.1, 0.15) is 6.04 Å². The lowest BCUT2D eigenvalue weighted by Gasteiger charge is -2.38. The normalized spacial score (nSPS) is 24.9. The zero-order valence-electron chi connectivity index (χ0n) is 10.2.